The van der Waals surface area contributed by atoms with Crippen LogP contribution in [-0.4, -0.2) is 59.9 Å². The Morgan fingerprint density at radius 1 is 1.18 bits per heavy atom. The molecule has 2 fully saturated rings. The summed E-state index contributed by atoms with van der Waals surface area (Å²) in [5.41, 5.74) is -0.191. The molecule has 5 heteroatoms. The number of carbonyl (C=O) groups excluding carboxylic acids is 2. The highest BCUT2D eigenvalue weighted by Crippen LogP contribution is 2.29. The van der Waals surface area contributed by atoms with Gasteiger partial charge in [-0.3, -0.25) is 14.5 Å². The van der Waals surface area contributed by atoms with Crippen molar-refractivity contribution in [3.63, 3.8) is 0 Å². The quantitative estimate of drug-likeness (QED) is 0.858. The lowest BCUT2D eigenvalue weighted by atomic mass is 9.84. The van der Waals surface area contributed by atoms with E-state index in [1.54, 1.807) is 0 Å². The third kappa shape index (κ3) is 4.70. The molecule has 1 aliphatic heterocycles. The standard InChI is InChI=1S/C17H31N3O2/c1-17(2,3)18-15(21)12-20-10-6-9-14(11-20)19(4)16(22)13-7-5-8-13/h13-14H,5-12H2,1-4H3,(H,18,21). The molecule has 0 aromatic rings. The Morgan fingerprint density at radius 2 is 1.86 bits per heavy atom. The third-order valence-corrected chi connectivity index (χ3v) is 4.71. The largest absolute Gasteiger partial charge is 0.350 e. The van der Waals surface area contributed by atoms with Crippen molar-refractivity contribution in [1.82, 2.24) is 15.1 Å². The molecule has 1 unspecified atom stereocenters. The van der Waals surface area contributed by atoms with Crippen LogP contribution >= 0.6 is 0 Å². The molecular formula is C17H31N3O2. The lowest BCUT2D eigenvalue weighted by Crippen LogP contribution is -2.53. The van der Waals surface area contributed by atoms with Crippen molar-refractivity contribution in [2.24, 2.45) is 5.92 Å². The highest BCUT2D eigenvalue weighted by Gasteiger charge is 2.33. The van der Waals surface area contributed by atoms with E-state index in [0.717, 1.165) is 38.8 Å². The van der Waals surface area contributed by atoms with Crippen LogP contribution in [0.5, 0.6) is 0 Å². The van der Waals surface area contributed by atoms with Crippen LogP contribution in [0.15, 0.2) is 0 Å². The van der Waals surface area contributed by atoms with Gasteiger partial charge in [-0.05, 0) is 53.0 Å². The van der Waals surface area contributed by atoms with Crippen LogP contribution in [0, 0.1) is 5.92 Å². The summed E-state index contributed by atoms with van der Waals surface area (Å²) in [4.78, 5) is 28.6. The molecule has 1 saturated carbocycles. The molecule has 1 atom stereocenters. The van der Waals surface area contributed by atoms with Crippen molar-refractivity contribution < 1.29 is 9.59 Å². The second-order valence-electron chi connectivity index (χ2n) is 7.91. The zero-order valence-corrected chi connectivity index (χ0v) is 14.5. The molecular weight excluding hydrogens is 278 g/mol. The summed E-state index contributed by atoms with van der Waals surface area (Å²) in [7, 11) is 1.93. The summed E-state index contributed by atoms with van der Waals surface area (Å²) >= 11 is 0. The summed E-state index contributed by atoms with van der Waals surface area (Å²) in [6.45, 7) is 8.17. The topological polar surface area (TPSA) is 52.7 Å². The first-order valence-corrected chi connectivity index (χ1v) is 8.56. The van der Waals surface area contributed by atoms with E-state index in [1.807, 2.05) is 32.7 Å². The molecule has 22 heavy (non-hydrogen) atoms. The molecule has 1 aliphatic carbocycles. The minimum Gasteiger partial charge on any atom is -0.350 e. The monoisotopic (exact) mass is 309 g/mol. The average molecular weight is 309 g/mol. The molecule has 2 rings (SSSR count). The zero-order valence-electron chi connectivity index (χ0n) is 14.5. The van der Waals surface area contributed by atoms with Gasteiger partial charge in [-0.1, -0.05) is 6.42 Å². The lowest BCUT2D eigenvalue weighted by molar-refractivity contribution is -0.140. The number of carbonyl (C=O) groups is 2. The predicted octanol–water partition coefficient (Wildman–Crippen LogP) is 1.62. The second kappa shape index (κ2) is 6.99. The molecule has 1 N–H and O–H groups in total. The van der Waals surface area contributed by atoms with Gasteiger partial charge in [0.1, 0.15) is 0 Å². The fourth-order valence-corrected chi connectivity index (χ4v) is 3.27. The fraction of sp³-hybridized carbons (Fsp3) is 0.882. The zero-order chi connectivity index (χ0) is 16.3. The van der Waals surface area contributed by atoms with E-state index in [4.69, 9.17) is 0 Å². The second-order valence-corrected chi connectivity index (χ2v) is 7.91. The summed E-state index contributed by atoms with van der Waals surface area (Å²) < 4.78 is 0. The van der Waals surface area contributed by atoms with Crippen molar-refractivity contribution >= 4 is 11.8 Å². The van der Waals surface area contributed by atoms with Crippen LogP contribution in [0.3, 0.4) is 0 Å². The Hall–Kier alpha value is -1.10. The van der Waals surface area contributed by atoms with Gasteiger partial charge in [0.25, 0.3) is 0 Å². The number of nitrogens with zero attached hydrogens (tertiary/aromatic N) is 2. The summed E-state index contributed by atoms with van der Waals surface area (Å²) in [6.07, 6.45) is 5.39. The number of nitrogens with one attached hydrogen (secondary N) is 1. The van der Waals surface area contributed by atoms with Gasteiger partial charge in [0.2, 0.25) is 11.8 Å². The summed E-state index contributed by atoms with van der Waals surface area (Å²) in [5, 5.41) is 3.01. The van der Waals surface area contributed by atoms with Gasteiger partial charge in [0.05, 0.1) is 6.54 Å². The molecule has 0 spiro atoms. The lowest BCUT2D eigenvalue weighted by Gasteiger charge is -2.40. The molecule has 5 nitrogen and oxygen atoms in total. The number of amides is 2. The third-order valence-electron chi connectivity index (χ3n) is 4.71. The van der Waals surface area contributed by atoms with Crippen LogP contribution in [-0.2, 0) is 9.59 Å². The smallest absolute Gasteiger partial charge is 0.234 e. The van der Waals surface area contributed by atoms with Gasteiger partial charge in [0.15, 0.2) is 0 Å². The van der Waals surface area contributed by atoms with Crippen molar-refractivity contribution in [2.75, 3.05) is 26.7 Å². The minimum atomic E-state index is -0.191. The molecule has 1 saturated heterocycles. The van der Waals surface area contributed by atoms with Crippen LogP contribution in [0.2, 0.25) is 0 Å². The Labute approximate surface area is 134 Å². The first kappa shape index (κ1) is 17.3. The first-order chi connectivity index (χ1) is 10.3. The number of hydrogen-bond donors (Lipinski definition) is 1. The maximum Gasteiger partial charge on any atom is 0.234 e. The normalized spacial score (nSPS) is 23.7. The number of likely N-dealkylation sites (N-methyl/N-ethyl adjacent to an activating group) is 1. The number of piperidine rings is 1. The number of rotatable bonds is 4. The molecule has 1 heterocycles. The predicted molar refractivity (Wildman–Crippen MR) is 87.5 cm³/mol. The van der Waals surface area contributed by atoms with E-state index in [9.17, 15) is 9.59 Å². The van der Waals surface area contributed by atoms with E-state index in [0.29, 0.717) is 12.5 Å². The maximum absolute atomic E-state index is 12.4. The SMILES string of the molecule is CN(C(=O)C1CCC1)C1CCCN(CC(=O)NC(C)(C)C)C1. The Morgan fingerprint density at radius 3 is 2.41 bits per heavy atom. The van der Waals surface area contributed by atoms with E-state index in [-0.39, 0.29) is 23.4 Å². The van der Waals surface area contributed by atoms with Gasteiger partial charge < -0.3 is 10.2 Å². The molecule has 126 valence electrons. The molecule has 0 aromatic carbocycles. The number of likely N-dealkylation sites (tertiary alicyclic amines) is 1. The van der Waals surface area contributed by atoms with Crippen LogP contribution in [0.25, 0.3) is 0 Å². The van der Waals surface area contributed by atoms with E-state index < -0.39 is 0 Å². The van der Waals surface area contributed by atoms with Crippen molar-refractivity contribution in [3.05, 3.63) is 0 Å². The van der Waals surface area contributed by atoms with Crippen molar-refractivity contribution in [1.29, 1.82) is 0 Å². The van der Waals surface area contributed by atoms with Crippen molar-refractivity contribution in [3.8, 4) is 0 Å². The summed E-state index contributed by atoms with van der Waals surface area (Å²) in [6, 6.07) is 0.254. The molecule has 2 aliphatic rings. The molecule has 0 bridgehead atoms. The Bertz CT molecular complexity index is 413. The van der Waals surface area contributed by atoms with Gasteiger partial charge >= 0.3 is 0 Å². The van der Waals surface area contributed by atoms with Crippen LogP contribution < -0.4 is 5.32 Å². The number of hydrogen-bond acceptors (Lipinski definition) is 3. The average Bonchev–Trinajstić information content (AvgIpc) is 2.33. The fourth-order valence-electron chi connectivity index (χ4n) is 3.27. The van der Waals surface area contributed by atoms with Crippen LogP contribution in [0.1, 0.15) is 52.9 Å². The molecule has 0 radical (unpaired) electrons. The molecule has 0 aromatic heterocycles. The highest BCUT2D eigenvalue weighted by atomic mass is 16.2. The van der Waals surface area contributed by atoms with E-state index in [1.165, 1.54) is 6.42 Å². The van der Waals surface area contributed by atoms with Crippen LogP contribution in [0.4, 0.5) is 0 Å². The van der Waals surface area contributed by atoms with Gasteiger partial charge in [-0.25, -0.2) is 0 Å². The summed E-state index contributed by atoms with van der Waals surface area (Å²) in [5.74, 6) is 0.628. The van der Waals surface area contributed by atoms with Crippen molar-refractivity contribution in [2.45, 2.75) is 64.5 Å². The Kier molecular flexibility index (Phi) is 5.48. The van der Waals surface area contributed by atoms with E-state index in [2.05, 4.69) is 10.2 Å². The minimum absolute atomic E-state index is 0.0705. The highest BCUT2D eigenvalue weighted by molar-refractivity contribution is 5.80. The van der Waals surface area contributed by atoms with Gasteiger partial charge in [-0.15, -0.1) is 0 Å². The van der Waals surface area contributed by atoms with Gasteiger partial charge in [-0.2, -0.15) is 0 Å². The first-order valence-electron chi connectivity index (χ1n) is 8.56. The van der Waals surface area contributed by atoms with Gasteiger partial charge in [0, 0.05) is 31.1 Å². The Balaban J connectivity index is 1.83. The maximum atomic E-state index is 12.4. The van der Waals surface area contributed by atoms with E-state index >= 15 is 0 Å². The molecule has 2 amide bonds.